The molecule has 1 heterocycles. The Morgan fingerprint density at radius 1 is 1.00 bits per heavy atom. The van der Waals surface area contributed by atoms with Gasteiger partial charge < -0.3 is 8.92 Å². The van der Waals surface area contributed by atoms with E-state index in [1.165, 1.54) is 25.3 Å². The smallest absolute Gasteiger partial charge is 0.348 e. The maximum absolute atomic E-state index is 12.7. The van der Waals surface area contributed by atoms with E-state index in [4.69, 9.17) is 8.92 Å². The predicted octanol–water partition coefficient (Wildman–Crippen LogP) is 3.76. The van der Waals surface area contributed by atoms with Crippen LogP contribution in [0.15, 0.2) is 70.3 Å². The molecule has 5 nitrogen and oxygen atoms in total. The highest BCUT2D eigenvalue weighted by molar-refractivity contribution is 7.89. The van der Waals surface area contributed by atoms with Gasteiger partial charge in [-0.25, -0.2) is 0 Å². The van der Waals surface area contributed by atoms with Crippen LogP contribution in [0.25, 0.3) is 0 Å². The first-order chi connectivity index (χ1) is 12.0. The van der Waals surface area contributed by atoms with Crippen LogP contribution in [0.5, 0.6) is 11.5 Å². The first-order valence-electron chi connectivity index (χ1n) is 7.27. The summed E-state index contributed by atoms with van der Waals surface area (Å²) >= 11 is 1.04. The van der Waals surface area contributed by atoms with Crippen molar-refractivity contribution in [3.8, 4) is 11.5 Å². The van der Waals surface area contributed by atoms with Gasteiger partial charge in [0.2, 0.25) is 0 Å². The Labute approximate surface area is 149 Å². The molecule has 2 aromatic carbocycles. The molecule has 0 bridgehead atoms. The normalized spacial score (nSPS) is 11.1. The first-order valence-corrected chi connectivity index (χ1v) is 9.56. The maximum atomic E-state index is 12.7. The van der Waals surface area contributed by atoms with Crippen molar-refractivity contribution in [3.05, 3.63) is 77.2 Å². The quantitative estimate of drug-likeness (QED) is 0.485. The van der Waals surface area contributed by atoms with Crippen LogP contribution < -0.4 is 8.92 Å². The Hall–Kier alpha value is -2.64. The highest BCUT2D eigenvalue weighted by Gasteiger charge is 2.23. The Bertz CT molecular complexity index is 978. The fraction of sp³-hybridized carbons (Fsp3) is 0.0556. The molecule has 0 amide bonds. The van der Waals surface area contributed by atoms with Crippen molar-refractivity contribution in [1.82, 2.24) is 0 Å². The minimum Gasteiger partial charge on any atom is -0.497 e. The molecule has 0 radical (unpaired) electrons. The molecule has 1 aromatic heterocycles. The molecule has 0 atom stereocenters. The van der Waals surface area contributed by atoms with Gasteiger partial charge in [-0.1, -0.05) is 36.4 Å². The number of rotatable bonds is 6. The SMILES string of the molecule is COc1ccc(C(=O)c2ccccc2)c(OS(=O)(=O)c2cccs2)c1. The number of methoxy groups -OCH3 is 1. The molecule has 0 aliphatic rings. The van der Waals surface area contributed by atoms with Crippen molar-refractivity contribution in [3.63, 3.8) is 0 Å². The van der Waals surface area contributed by atoms with Crippen LogP contribution >= 0.6 is 11.3 Å². The van der Waals surface area contributed by atoms with Crippen molar-refractivity contribution in [2.45, 2.75) is 4.21 Å². The summed E-state index contributed by atoms with van der Waals surface area (Å²) < 4.78 is 35.2. The Morgan fingerprint density at radius 2 is 1.76 bits per heavy atom. The van der Waals surface area contributed by atoms with Crippen LogP contribution in [-0.2, 0) is 10.1 Å². The highest BCUT2D eigenvalue weighted by atomic mass is 32.3. The summed E-state index contributed by atoms with van der Waals surface area (Å²) in [7, 11) is -2.57. The number of hydrogen-bond donors (Lipinski definition) is 0. The van der Waals surface area contributed by atoms with Gasteiger partial charge in [-0.15, -0.1) is 11.3 Å². The topological polar surface area (TPSA) is 69.7 Å². The molecule has 0 aliphatic carbocycles. The summed E-state index contributed by atoms with van der Waals surface area (Å²) in [6, 6.07) is 16.1. The van der Waals surface area contributed by atoms with Crippen LogP contribution in [0, 0.1) is 0 Å². The van der Waals surface area contributed by atoms with E-state index in [1.54, 1.807) is 47.8 Å². The number of benzene rings is 2. The summed E-state index contributed by atoms with van der Waals surface area (Å²) in [5.41, 5.74) is 0.582. The van der Waals surface area contributed by atoms with E-state index in [0.29, 0.717) is 11.3 Å². The third-order valence-corrected chi connectivity index (χ3v) is 6.00. The first kappa shape index (κ1) is 17.2. The number of thiophene rings is 1. The summed E-state index contributed by atoms with van der Waals surface area (Å²) in [6.45, 7) is 0. The standard InChI is InChI=1S/C18H14O5S2/c1-22-14-9-10-15(18(19)13-6-3-2-4-7-13)16(12-14)23-25(20,21)17-8-5-11-24-17/h2-12H,1H3. The number of carbonyl (C=O) groups excluding carboxylic acids is 1. The van der Waals surface area contributed by atoms with Gasteiger partial charge in [-0.3, -0.25) is 4.79 Å². The zero-order chi connectivity index (χ0) is 17.9. The van der Waals surface area contributed by atoms with Crippen LogP contribution in [0.3, 0.4) is 0 Å². The molecule has 0 aliphatic heterocycles. The second kappa shape index (κ2) is 7.08. The zero-order valence-corrected chi connectivity index (χ0v) is 14.8. The molecular formula is C18H14O5S2. The molecule has 0 N–H and O–H groups in total. The van der Waals surface area contributed by atoms with Gasteiger partial charge in [0.1, 0.15) is 5.75 Å². The van der Waals surface area contributed by atoms with Gasteiger partial charge in [0, 0.05) is 11.6 Å². The molecule has 25 heavy (non-hydrogen) atoms. The molecule has 0 saturated carbocycles. The minimum atomic E-state index is -4.02. The Kier molecular flexibility index (Phi) is 4.87. The molecule has 3 rings (SSSR count). The van der Waals surface area contributed by atoms with Crippen LogP contribution in [0.2, 0.25) is 0 Å². The minimum absolute atomic E-state index is 0.0634. The molecule has 128 valence electrons. The Morgan fingerprint density at radius 3 is 2.40 bits per heavy atom. The lowest BCUT2D eigenvalue weighted by atomic mass is 10.0. The van der Waals surface area contributed by atoms with Gasteiger partial charge in [0.25, 0.3) is 0 Å². The number of carbonyl (C=O) groups is 1. The monoisotopic (exact) mass is 374 g/mol. The summed E-state index contributed by atoms with van der Waals surface area (Å²) in [4.78, 5) is 12.7. The third-order valence-electron chi connectivity index (χ3n) is 3.41. The zero-order valence-electron chi connectivity index (χ0n) is 13.2. The van der Waals surface area contributed by atoms with E-state index in [2.05, 4.69) is 0 Å². The number of ether oxygens (including phenoxy) is 1. The lowest BCUT2D eigenvalue weighted by molar-refractivity contribution is 0.103. The van der Waals surface area contributed by atoms with Crippen LogP contribution in [0.4, 0.5) is 0 Å². The lowest BCUT2D eigenvalue weighted by Gasteiger charge is -2.12. The Balaban J connectivity index is 2.04. The van der Waals surface area contributed by atoms with E-state index >= 15 is 0 Å². The predicted molar refractivity (Wildman–Crippen MR) is 95.0 cm³/mol. The van der Waals surface area contributed by atoms with Crippen molar-refractivity contribution in [1.29, 1.82) is 0 Å². The molecular weight excluding hydrogens is 360 g/mol. The van der Waals surface area contributed by atoms with Crippen molar-refractivity contribution >= 4 is 27.2 Å². The third kappa shape index (κ3) is 3.72. The molecule has 7 heteroatoms. The second-order valence-electron chi connectivity index (χ2n) is 5.03. The highest BCUT2D eigenvalue weighted by Crippen LogP contribution is 2.30. The van der Waals surface area contributed by atoms with Gasteiger partial charge in [-0.2, -0.15) is 8.42 Å². The van der Waals surface area contributed by atoms with Crippen molar-refractivity contribution < 1.29 is 22.1 Å². The average molecular weight is 374 g/mol. The lowest BCUT2D eigenvalue weighted by Crippen LogP contribution is -2.12. The fourth-order valence-corrected chi connectivity index (χ4v) is 4.09. The molecule has 0 unspecified atom stereocenters. The molecule has 3 aromatic rings. The van der Waals surface area contributed by atoms with Crippen LogP contribution in [-0.4, -0.2) is 21.3 Å². The largest absolute Gasteiger partial charge is 0.497 e. The number of hydrogen-bond acceptors (Lipinski definition) is 6. The average Bonchev–Trinajstić information content (AvgIpc) is 3.17. The van der Waals surface area contributed by atoms with Gasteiger partial charge in [0.15, 0.2) is 15.7 Å². The summed E-state index contributed by atoms with van der Waals surface area (Å²) in [5, 5.41) is 1.64. The van der Waals surface area contributed by atoms with Crippen molar-refractivity contribution in [2.24, 2.45) is 0 Å². The van der Waals surface area contributed by atoms with Gasteiger partial charge >= 0.3 is 10.1 Å². The molecule has 0 saturated heterocycles. The molecule has 0 fully saturated rings. The molecule has 0 spiro atoms. The van der Waals surface area contributed by atoms with Crippen LogP contribution in [0.1, 0.15) is 15.9 Å². The van der Waals surface area contributed by atoms with Gasteiger partial charge in [-0.05, 0) is 23.6 Å². The number of ketones is 1. The van der Waals surface area contributed by atoms with E-state index in [-0.39, 0.29) is 21.3 Å². The maximum Gasteiger partial charge on any atom is 0.348 e. The van der Waals surface area contributed by atoms with Gasteiger partial charge in [0.05, 0.1) is 12.7 Å². The van der Waals surface area contributed by atoms with Crippen molar-refractivity contribution in [2.75, 3.05) is 7.11 Å². The fourth-order valence-electron chi connectivity index (χ4n) is 2.20. The van der Waals surface area contributed by atoms with E-state index in [0.717, 1.165) is 11.3 Å². The summed E-state index contributed by atoms with van der Waals surface area (Å²) in [5.74, 6) is -0.0118. The van der Waals surface area contributed by atoms with E-state index in [9.17, 15) is 13.2 Å². The van der Waals surface area contributed by atoms with E-state index < -0.39 is 10.1 Å². The second-order valence-corrected chi connectivity index (χ2v) is 7.75. The summed E-state index contributed by atoms with van der Waals surface area (Å²) in [6.07, 6.45) is 0. The van der Waals surface area contributed by atoms with E-state index in [1.807, 2.05) is 0 Å².